The van der Waals surface area contributed by atoms with Crippen LogP contribution in [0.25, 0.3) is 0 Å². The van der Waals surface area contributed by atoms with Crippen molar-refractivity contribution in [2.75, 3.05) is 39.8 Å². The SMILES string of the molecule is CN1CCOC2(C1)CN(P)C2. The molecule has 0 aliphatic carbocycles. The van der Waals surface area contributed by atoms with Crippen molar-refractivity contribution in [2.45, 2.75) is 5.60 Å². The van der Waals surface area contributed by atoms with E-state index < -0.39 is 0 Å². The molecule has 2 heterocycles. The Balaban J connectivity index is 1.93. The van der Waals surface area contributed by atoms with Gasteiger partial charge >= 0.3 is 0 Å². The van der Waals surface area contributed by atoms with E-state index in [0.717, 1.165) is 32.8 Å². The Hall–Kier alpha value is 0.310. The lowest BCUT2D eigenvalue weighted by molar-refractivity contribution is -0.156. The highest BCUT2D eigenvalue weighted by atomic mass is 31.0. The van der Waals surface area contributed by atoms with Gasteiger partial charge in [-0.05, 0) is 7.05 Å². The molecule has 4 heteroatoms. The van der Waals surface area contributed by atoms with Crippen molar-refractivity contribution in [3.8, 4) is 0 Å². The third-order valence-corrected chi connectivity index (χ3v) is 2.79. The number of hydrogen-bond donors (Lipinski definition) is 0. The molecule has 3 nitrogen and oxygen atoms in total. The average Bonchev–Trinajstić information content (AvgIpc) is 1.84. The first-order chi connectivity index (χ1) is 5.20. The fourth-order valence-electron chi connectivity index (χ4n) is 1.92. The van der Waals surface area contributed by atoms with E-state index in [1.165, 1.54) is 0 Å². The van der Waals surface area contributed by atoms with Gasteiger partial charge in [0.1, 0.15) is 5.60 Å². The van der Waals surface area contributed by atoms with Crippen LogP contribution in [0, 0.1) is 0 Å². The maximum absolute atomic E-state index is 5.75. The predicted octanol–water partition coefficient (Wildman–Crippen LogP) is -0.207. The molecule has 1 spiro atoms. The zero-order valence-corrected chi connectivity index (χ0v) is 8.07. The van der Waals surface area contributed by atoms with Crippen LogP contribution in [0.4, 0.5) is 0 Å². The van der Waals surface area contributed by atoms with Crippen LogP contribution in [0.15, 0.2) is 0 Å². The van der Waals surface area contributed by atoms with Gasteiger partial charge in [-0.15, -0.1) is 0 Å². The topological polar surface area (TPSA) is 15.7 Å². The monoisotopic (exact) mass is 174 g/mol. The number of likely N-dealkylation sites (N-methyl/N-ethyl adjacent to an activating group) is 1. The van der Waals surface area contributed by atoms with Gasteiger partial charge in [0, 0.05) is 26.2 Å². The minimum atomic E-state index is 0.175. The molecule has 1 atom stereocenters. The van der Waals surface area contributed by atoms with E-state index >= 15 is 0 Å². The summed E-state index contributed by atoms with van der Waals surface area (Å²) in [7, 11) is 4.87. The molecule has 2 saturated heterocycles. The Kier molecular flexibility index (Phi) is 1.92. The van der Waals surface area contributed by atoms with E-state index in [-0.39, 0.29) is 5.60 Å². The summed E-state index contributed by atoms with van der Waals surface area (Å²) < 4.78 is 7.97. The highest BCUT2D eigenvalue weighted by molar-refractivity contribution is 7.13. The van der Waals surface area contributed by atoms with Gasteiger partial charge in [0.15, 0.2) is 0 Å². The summed E-state index contributed by atoms with van der Waals surface area (Å²) in [4.78, 5) is 2.35. The number of rotatable bonds is 0. The van der Waals surface area contributed by atoms with Crippen LogP contribution < -0.4 is 0 Å². The van der Waals surface area contributed by atoms with Gasteiger partial charge in [-0.2, -0.15) is 0 Å². The summed E-state index contributed by atoms with van der Waals surface area (Å²) in [5.41, 5.74) is 0.175. The zero-order chi connectivity index (χ0) is 7.90. The lowest BCUT2D eigenvalue weighted by Gasteiger charge is -2.52. The molecular weight excluding hydrogens is 159 g/mol. The highest BCUT2D eigenvalue weighted by Crippen LogP contribution is 2.30. The van der Waals surface area contributed by atoms with E-state index in [0.29, 0.717) is 0 Å². The lowest BCUT2D eigenvalue weighted by Crippen LogP contribution is -2.66. The van der Waals surface area contributed by atoms with Crippen LogP contribution in [0.1, 0.15) is 0 Å². The first kappa shape index (κ1) is 7.93. The fraction of sp³-hybridized carbons (Fsp3) is 1.00. The van der Waals surface area contributed by atoms with Crippen molar-refractivity contribution in [3.63, 3.8) is 0 Å². The minimum absolute atomic E-state index is 0.175. The Labute approximate surface area is 69.9 Å². The summed E-state index contributed by atoms with van der Waals surface area (Å²) in [5.74, 6) is 0. The molecule has 0 bridgehead atoms. The highest BCUT2D eigenvalue weighted by Gasteiger charge is 2.44. The molecule has 0 aromatic carbocycles. The van der Waals surface area contributed by atoms with Crippen molar-refractivity contribution in [1.29, 1.82) is 0 Å². The molecule has 1 unspecified atom stereocenters. The molecule has 64 valence electrons. The second kappa shape index (κ2) is 2.67. The summed E-state index contributed by atoms with van der Waals surface area (Å²) in [5, 5.41) is 0. The van der Waals surface area contributed by atoms with E-state index in [1.54, 1.807) is 0 Å². The van der Waals surface area contributed by atoms with Gasteiger partial charge in [0.25, 0.3) is 0 Å². The molecule has 0 radical (unpaired) electrons. The maximum atomic E-state index is 5.75. The molecule has 0 aromatic heterocycles. The number of morpholine rings is 1. The molecule has 0 amide bonds. The molecule has 2 fully saturated rings. The van der Waals surface area contributed by atoms with Gasteiger partial charge in [0.2, 0.25) is 0 Å². The first-order valence-electron chi connectivity index (χ1n) is 4.02. The number of hydrogen-bond acceptors (Lipinski definition) is 3. The zero-order valence-electron chi connectivity index (χ0n) is 6.92. The maximum Gasteiger partial charge on any atom is 0.107 e. The van der Waals surface area contributed by atoms with Gasteiger partial charge in [-0.1, -0.05) is 9.39 Å². The van der Waals surface area contributed by atoms with Crippen molar-refractivity contribution in [1.82, 2.24) is 9.57 Å². The molecular formula is C7H15N2OP. The number of ether oxygens (including phenoxy) is 1. The molecule has 11 heavy (non-hydrogen) atoms. The molecule has 2 rings (SSSR count). The van der Waals surface area contributed by atoms with Crippen molar-refractivity contribution >= 4 is 9.39 Å². The van der Waals surface area contributed by atoms with Crippen LogP contribution >= 0.6 is 9.39 Å². The third kappa shape index (κ3) is 1.43. The van der Waals surface area contributed by atoms with Crippen molar-refractivity contribution < 1.29 is 4.74 Å². The lowest BCUT2D eigenvalue weighted by atomic mass is 9.95. The normalized spacial score (nSPS) is 32.2. The van der Waals surface area contributed by atoms with Crippen molar-refractivity contribution in [3.05, 3.63) is 0 Å². The van der Waals surface area contributed by atoms with Gasteiger partial charge in [-0.25, -0.2) is 0 Å². The summed E-state index contributed by atoms with van der Waals surface area (Å²) in [6.45, 7) is 5.22. The van der Waals surface area contributed by atoms with Crippen LogP contribution in [0.2, 0.25) is 0 Å². The number of nitrogens with zero attached hydrogens (tertiary/aromatic N) is 2. The van der Waals surface area contributed by atoms with E-state index in [2.05, 4.69) is 26.0 Å². The van der Waals surface area contributed by atoms with E-state index in [1.807, 2.05) is 0 Å². The standard InChI is InChI=1S/C7H15N2OP/c1-8-2-3-10-7(4-8)5-9(11)6-7/h2-6,11H2,1H3. The van der Waals surface area contributed by atoms with Crippen LogP contribution in [-0.2, 0) is 4.74 Å². The minimum Gasteiger partial charge on any atom is -0.370 e. The van der Waals surface area contributed by atoms with E-state index in [9.17, 15) is 0 Å². The van der Waals surface area contributed by atoms with Crippen molar-refractivity contribution in [2.24, 2.45) is 0 Å². The Morgan fingerprint density at radius 2 is 2.09 bits per heavy atom. The third-order valence-electron chi connectivity index (χ3n) is 2.42. The molecule has 2 aliphatic heterocycles. The van der Waals surface area contributed by atoms with Crippen LogP contribution in [-0.4, -0.2) is 55.0 Å². The predicted molar refractivity (Wildman–Crippen MR) is 47.5 cm³/mol. The molecule has 0 saturated carbocycles. The summed E-state index contributed by atoms with van der Waals surface area (Å²) >= 11 is 0. The van der Waals surface area contributed by atoms with Crippen LogP contribution in [0.5, 0.6) is 0 Å². The summed E-state index contributed by atoms with van der Waals surface area (Å²) in [6.07, 6.45) is 0. The van der Waals surface area contributed by atoms with Gasteiger partial charge < -0.3 is 9.64 Å². The van der Waals surface area contributed by atoms with E-state index in [4.69, 9.17) is 4.74 Å². The Morgan fingerprint density at radius 3 is 2.64 bits per heavy atom. The largest absolute Gasteiger partial charge is 0.370 e. The Bertz CT molecular complexity index is 153. The quantitative estimate of drug-likeness (QED) is 0.473. The first-order valence-corrected chi connectivity index (χ1v) is 4.54. The van der Waals surface area contributed by atoms with Gasteiger partial charge in [0.05, 0.1) is 6.61 Å². The molecule has 2 aliphatic rings. The second-order valence-corrected chi connectivity index (χ2v) is 4.40. The van der Waals surface area contributed by atoms with Crippen LogP contribution in [0.3, 0.4) is 0 Å². The Morgan fingerprint density at radius 1 is 1.36 bits per heavy atom. The van der Waals surface area contributed by atoms with Gasteiger partial charge in [-0.3, -0.25) is 4.67 Å². The molecule has 0 N–H and O–H groups in total. The smallest absolute Gasteiger partial charge is 0.107 e. The summed E-state index contributed by atoms with van der Waals surface area (Å²) in [6, 6.07) is 0. The average molecular weight is 174 g/mol. The fourth-order valence-corrected chi connectivity index (χ4v) is 2.59. The second-order valence-electron chi connectivity index (χ2n) is 3.67. The molecule has 0 aromatic rings.